The predicted molar refractivity (Wildman–Crippen MR) is 65.6 cm³/mol. The van der Waals surface area contributed by atoms with Gasteiger partial charge in [-0.3, -0.25) is 4.79 Å². The van der Waals surface area contributed by atoms with Gasteiger partial charge < -0.3 is 9.64 Å². The monoisotopic (exact) mass is 252 g/mol. The van der Waals surface area contributed by atoms with Gasteiger partial charge in [0.1, 0.15) is 16.8 Å². The average Bonchev–Trinajstić information content (AvgIpc) is 2.74. The highest BCUT2D eigenvalue weighted by molar-refractivity contribution is 7.12. The number of hydrogen-bond donors (Lipinski definition) is 0. The lowest BCUT2D eigenvalue weighted by molar-refractivity contribution is -0.0210. The van der Waals surface area contributed by atoms with E-state index < -0.39 is 0 Å². The van der Waals surface area contributed by atoms with E-state index in [0.29, 0.717) is 12.1 Å². The number of Topliss-reactive ketones (excluding diaryl/α,β-unsaturated/α-hetero) is 1. The third-order valence-electron chi connectivity index (χ3n) is 3.33. The minimum absolute atomic E-state index is 0.0529. The first kappa shape index (κ1) is 11.3. The van der Waals surface area contributed by atoms with Crippen LogP contribution in [-0.2, 0) is 11.2 Å². The maximum atomic E-state index is 11.7. The lowest BCUT2D eigenvalue weighted by Crippen LogP contribution is -2.35. The normalized spacial score (nSPS) is 25.9. The fourth-order valence-electron chi connectivity index (χ4n) is 2.35. The molecule has 0 N–H and O–H groups in total. The van der Waals surface area contributed by atoms with Crippen LogP contribution in [0.4, 0.5) is 0 Å². The van der Waals surface area contributed by atoms with Crippen molar-refractivity contribution in [3.63, 3.8) is 0 Å². The minimum Gasteiger partial charge on any atom is -0.368 e. The van der Waals surface area contributed by atoms with Crippen molar-refractivity contribution in [1.82, 2.24) is 9.88 Å². The summed E-state index contributed by atoms with van der Waals surface area (Å²) in [6.45, 7) is 2.60. The van der Waals surface area contributed by atoms with Crippen molar-refractivity contribution in [2.75, 3.05) is 26.7 Å². The van der Waals surface area contributed by atoms with Crippen LogP contribution in [0.5, 0.6) is 0 Å². The fourth-order valence-corrected chi connectivity index (χ4v) is 3.52. The van der Waals surface area contributed by atoms with Crippen LogP contribution in [0.3, 0.4) is 0 Å². The third-order valence-corrected chi connectivity index (χ3v) is 4.54. The molecular formula is C12H16N2O2S. The average molecular weight is 252 g/mol. The quantitative estimate of drug-likeness (QED) is 0.762. The van der Waals surface area contributed by atoms with Crippen molar-refractivity contribution in [1.29, 1.82) is 0 Å². The zero-order chi connectivity index (χ0) is 11.8. The van der Waals surface area contributed by atoms with Crippen LogP contribution in [0.15, 0.2) is 0 Å². The molecule has 0 bridgehead atoms. The van der Waals surface area contributed by atoms with Crippen LogP contribution in [0, 0.1) is 0 Å². The Hall–Kier alpha value is -0.780. The second kappa shape index (κ2) is 4.48. The summed E-state index contributed by atoms with van der Waals surface area (Å²) in [5, 5.41) is 0.983. The molecule has 4 nitrogen and oxygen atoms in total. The Kier molecular flexibility index (Phi) is 2.98. The summed E-state index contributed by atoms with van der Waals surface area (Å²) in [4.78, 5) is 19.7. The number of aryl methyl sites for hydroxylation is 1. The van der Waals surface area contributed by atoms with Crippen LogP contribution in [0.25, 0.3) is 0 Å². The van der Waals surface area contributed by atoms with Gasteiger partial charge >= 0.3 is 0 Å². The lowest BCUT2D eigenvalue weighted by atomic mass is 10.0. The van der Waals surface area contributed by atoms with Crippen LogP contribution in [0.1, 0.15) is 39.3 Å². The fraction of sp³-hybridized carbons (Fsp3) is 0.667. The molecule has 17 heavy (non-hydrogen) atoms. The van der Waals surface area contributed by atoms with Gasteiger partial charge in [-0.1, -0.05) is 0 Å². The van der Waals surface area contributed by atoms with E-state index >= 15 is 0 Å². The van der Waals surface area contributed by atoms with Gasteiger partial charge in [-0.25, -0.2) is 4.98 Å². The van der Waals surface area contributed by atoms with Crippen molar-refractivity contribution >= 4 is 17.1 Å². The second-order valence-corrected chi connectivity index (χ2v) is 5.84. The molecule has 0 radical (unpaired) electrons. The molecule has 1 saturated heterocycles. The number of aromatic nitrogens is 1. The largest absolute Gasteiger partial charge is 0.368 e. The topological polar surface area (TPSA) is 42.4 Å². The van der Waals surface area contributed by atoms with Gasteiger partial charge in [0, 0.05) is 24.4 Å². The first-order valence-electron chi connectivity index (χ1n) is 6.07. The standard InChI is InChI=1S/C12H16N2O2S/c1-14-5-6-16-9(7-14)12-13-11-8(15)3-2-4-10(11)17-12/h9H,2-7H2,1H3. The Morgan fingerprint density at radius 2 is 2.35 bits per heavy atom. The molecule has 92 valence electrons. The summed E-state index contributed by atoms with van der Waals surface area (Å²) >= 11 is 1.66. The first-order valence-corrected chi connectivity index (χ1v) is 6.88. The molecule has 1 aliphatic carbocycles. The minimum atomic E-state index is 0.0529. The van der Waals surface area contributed by atoms with Crippen LogP contribution in [-0.4, -0.2) is 42.4 Å². The van der Waals surface area contributed by atoms with Gasteiger partial charge in [-0.15, -0.1) is 11.3 Å². The number of rotatable bonds is 1. The number of thiazole rings is 1. The molecule has 1 atom stereocenters. The van der Waals surface area contributed by atoms with Gasteiger partial charge in [0.25, 0.3) is 0 Å². The Morgan fingerprint density at radius 1 is 1.47 bits per heavy atom. The molecule has 3 rings (SSSR count). The summed E-state index contributed by atoms with van der Waals surface area (Å²) in [7, 11) is 2.09. The molecule has 0 spiro atoms. The summed E-state index contributed by atoms with van der Waals surface area (Å²) in [5.41, 5.74) is 0.716. The smallest absolute Gasteiger partial charge is 0.182 e. The molecule has 1 unspecified atom stereocenters. The van der Waals surface area contributed by atoms with E-state index in [1.165, 1.54) is 0 Å². The van der Waals surface area contributed by atoms with E-state index in [0.717, 1.165) is 42.4 Å². The molecule has 0 aromatic carbocycles. The maximum absolute atomic E-state index is 11.7. The van der Waals surface area contributed by atoms with Crippen LogP contribution in [0.2, 0.25) is 0 Å². The summed E-state index contributed by atoms with van der Waals surface area (Å²) in [6.07, 6.45) is 2.68. The Labute approximate surface area is 105 Å². The molecule has 1 aromatic rings. The zero-order valence-corrected chi connectivity index (χ0v) is 10.8. The van der Waals surface area contributed by atoms with Crippen molar-refractivity contribution in [3.05, 3.63) is 15.6 Å². The van der Waals surface area contributed by atoms with Gasteiger partial charge in [-0.05, 0) is 19.9 Å². The van der Waals surface area contributed by atoms with Crippen molar-refractivity contribution in [2.24, 2.45) is 0 Å². The van der Waals surface area contributed by atoms with Crippen molar-refractivity contribution in [2.45, 2.75) is 25.4 Å². The number of likely N-dealkylation sites (N-methyl/N-ethyl adjacent to an activating group) is 1. The molecule has 5 heteroatoms. The molecule has 0 amide bonds. The number of nitrogens with zero attached hydrogens (tertiary/aromatic N) is 2. The SMILES string of the molecule is CN1CCOC(c2nc3c(s2)CCCC3=O)C1. The molecular weight excluding hydrogens is 236 g/mol. The van der Waals surface area contributed by atoms with Gasteiger partial charge in [0.2, 0.25) is 0 Å². The number of morpholine rings is 1. The number of hydrogen-bond acceptors (Lipinski definition) is 5. The summed E-state index contributed by atoms with van der Waals surface area (Å²) in [5.74, 6) is 0.206. The van der Waals surface area contributed by atoms with E-state index in [-0.39, 0.29) is 11.9 Å². The molecule has 1 fully saturated rings. The number of ketones is 1. The molecule has 1 aliphatic heterocycles. The van der Waals surface area contributed by atoms with Gasteiger partial charge in [0.05, 0.1) is 6.61 Å². The van der Waals surface area contributed by atoms with Crippen molar-refractivity contribution in [3.8, 4) is 0 Å². The highest BCUT2D eigenvalue weighted by Gasteiger charge is 2.27. The zero-order valence-electron chi connectivity index (χ0n) is 9.94. The number of fused-ring (bicyclic) bond motifs is 1. The van der Waals surface area contributed by atoms with Gasteiger partial charge in [-0.2, -0.15) is 0 Å². The van der Waals surface area contributed by atoms with Crippen molar-refractivity contribution < 1.29 is 9.53 Å². The lowest BCUT2D eigenvalue weighted by Gasteiger charge is -2.28. The van der Waals surface area contributed by atoms with Crippen LogP contribution >= 0.6 is 11.3 Å². The molecule has 0 saturated carbocycles. The highest BCUT2D eigenvalue weighted by Crippen LogP contribution is 2.32. The number of ether oxygens (including phenoxy) is 1. The van der Waals surface area contributed by atoms with E-state index in [2.05, 4.69) is 16.9 Å². The highest BCUT2D eigenvalue weighted by atomic mass is 32.1. The number of carbonyl (C=O) groups is 1. The maximum Gasteiger partial charge on any atom is 0.182 e. The van der Waals surface area contributed by atoms with E-state index in [1.807, 2.05) is 0 Å². The summed E-state index contributed by atoms with van der Waals surface area (Å²) in [6, 6.07) is 0. The molecule has 1 aromatic heterocycles. The predicted octanol–water partition coefficient (Wildman–Crippen LogP) is 1.67. The summed E-state index contributed by atoms with van der Waals surface area (Å²) < 4.78 is 5.74. The van der Waals surface area contributed by atoms with E-state index in [4.69, 9.17) is 4.74 Å². The second-order valence-electron chi connectivity index (χ2n) is 4.72. The Bertz CT molecular complexity index is 444. The Balaban J connectivity index is 1.86. The third kappa shape index (κ3) is 2.14. The Morgan fingerprint density at radius 3 is 3.12 bits per heavy atom. The van der Waals surface area contributed by atoms with Gasteiger partial charge in [0.15, 0.2) is 5.78 Å². The number of carbonyl (C=O) groups excluding carboxylic acids is 1. The van der Waals surface area contributed by atoms with Crippen LogP contribution < -0.4 is 0 Å². The molecule has 2 aliphatic rings. The van der Waals surface area contributed by atoms with E-state index in [1.54, 1.807) is 11.3 Å². The first-order chi connectivity index (χ1) is 8.24. The van der Waals surface area contributed by atoms with E-state index in [9.17, 15) is 4.79 Å². The molecule has 2 heterocycles.